The van der Waals surface area contributed by atoms with Crippen molar-refractivity contribution in [3.05, 3.63) is 35.9 Å². The van der Waals surface area contributed by atoms with Crippen molar-refractivity contribution in [2.45, 2.75) is 37.5 Å². The number of carbonyl (C=O) groups is 2. The molecule has 1 fully saturated rings. The molecule has 0 unspecified atom stereocenters. The number of carbonyl (C=O) groups excluding carboxylic acids is 2. The summed E-state index contributed by atoms with van der Waals surface area (Å²) in [4.78, 5) is 24.0. The van der Waals surface area contributed by atoms with Crippen LogP contribution in [0.4, 0.5) is 0 Å². The van der Waals surface area contributed by atoms with Gasteiger partial charge in [-0.15, -0.1) is 0 Å². The molecule has 1 aromatic rings. The molecule has 6 nitrogen and oxygen atoms in total. The molecule has 1 saturated carbocycles. The van der Waals surface area contributed by atoms with Gasteiger partial charge in [-0.3, -0.25) is 4.79 Å². The number of ether oxygens (including phenoxy) is 3. The highest BCUT2D eigenvalue weighted by Gasteiger charge is 2.43. The van der Waals surface area contributed by atoms with Gasteiger partial charge in [0.05, 0.1) is 12.5 Å². The summed E-state index contributed by atoms with van der Waals surface area (Å²) in [5, 5.41) is 3.02. The Morgan fingerprint density at radius 3 is 2.65 bits per heavy atom. The van der Waals surface area contributed by atoms with Crippen molar-refractivity contribution in [1.29, 1.82) is 0 Å². The molecule has 0 radical (unpaired) electrons. The Labute approximate surface area is 153 Å². The second kappa shape index (κ2) is 8.25. The van der Waals surface area contributed by atoms with E-state index in [0.29, 0.717) is 31.9 Å². The number of rotatable bonds is 6. The Morgan fingerprint density at radius 1 is 1.19 bits per heavy atom. The third kappa shape index (κ3) is 3.84. The highest BCUT2D eigenvalue weighted by Crippen LogP contribution is 2.44. The van der Waals surface area contributed by atoms with Crippen LogP contribution in [0.5, 0.6) is 11.5 Å². The average Bonchev–Trinajstić information content (AvgIpc) is 3.18. The molecule has 26 heavy (non-hydrogen) atoms. The van der Waals surface area contributed by atoms with Crippen LogP contribution in [0.15, 0.2) is 30.4 Å². The Bertz CT molecular complexity index is 691. The smallest absolute Gasteiger partial charge is 0.330 e. The molecule has 1 N–H and O–H groups in total. The van der Waals surface area contributed by atoms with Crippen LogP contribution < -0.4 is 14.8 Å². The molecule has 1 aromatic carbocycles. The first kappa shape index (κ1) is 18.3. The van der Waals surface area contributed by atoms with Crippen molar-refractivity contribution in [2.75, 3.05) is 26.9 Å². The Balaban J connectivity index is 1.68. The van der Waals surface area contributed by atoms with Crippen LogP contribution in [-0.4, -0.2) is 38.7 Å². The number of hydrogen-bond donors (Lipinski definition) is 1. The summed E-state index contributed by atoms with van der Waals surface area (Å²) in [5.74, 6) is 1.10. The minimum absolute atomic E-state index is 0.0399. The van der Waals surface area contributed by atoms with Crippen LogP contribution in [0, 0.1) is 0 Å². The van der Waals surface area contributed by atoms with E-state index in [1.54, 1.807) is 6.08 Å². The topological polar surface area (TPSA) is 73.9 Å². The van der Waals surface area contributed by atoms with Gasteiger partial charge in [-0.2, -0.15) is 0 Å². The predicted molar refractivity (Wildman–Crippen MR) is 96.4 cm³/mol. The van der Waals surface area contributed by atoms with Crippen LogP contribution in [-0.2, 0) is 19.7 Å². The average molecular weight is 359 g/mol. The maximum Gasteiger partial charge on any atom is 0.330 e. The number of fused-ring (bicyclic) bond motifs is 1. The van der Waals surface area contributed by atoms with Gasteiger partial charge in [0.1, 0.15) is 13.2 Å². The zero-order valence-corrected chi connectivity index (χ0v) is 15.1. The Hall–Kier alpha value is -2.50. The molecule has 1 aliphatic heterocycles. The molecule has 1 aliphatic carbocycles. The first-order valence-corrected chi connectivity index (χ1v) is 9.09. The van der Waals surface area contributed by atoms with Crippen molar-refractivity contribution in [1.82, 2.24) is 5.32 Å². The maximum atomic E-state index is 13.0. The molecule has 0 saturated heterocycles. The number of hydrogen-bond acceptors (Lipinski definition) is 5. The van der Waals surface area contributed by atoms with E-state index in [1.165, 1.54) is 13.2 Å². The van der Waals surface area contributed by atoms with Gasteiger partial charge in [-0.1, -0.05) is 25.0 Å². The van der Waals surface area contributed by atoms with Gasteiger partial charge < -0.3 is 19.5 Å². The fourth-order valence-electron chi connectivity index (χ4n) is 3.65. The maximum absolute atomic E-state index is 13.0. The molecule has 1 heterocycles. The second-order valence-corrected chi connectivity index (χ2v) is 6.62. The summed E-state index contributed by atoms with van der Waals surface area (Å²) in [7, 11) is 1.34. The fraction of sp³-hybridized carbons (Fsp3) is 0.500. The summed E-state index contributed by atoms with van der Waals surface area (Å²) >= 11 is 0. The number of benzene rings is 1. The van der Waals surface area contributed by atoms with Gasteiger partial charge in [0, 0.05) is 12.6 Å². The van der Waals surface area contributed by atoms with Crippen molar-refractivity contribution >= 4 is 11.9 Å². The van der Waals surface area contributed by atoms with Crippen LogP contribution in [0.3, 0.4) is 0 Å². The molecule has 0 atom stereocenters. The molecule has 0 aromatic heterocycles. The lowest BCUT2D eigenvalue weighted by Gasteiger charge is -2.29. The molecule has 0 spiro atoms. The van der Waals surface area contributed by atoms with E-state index < -0.39 is 5.41 Å². The van der Waals surface area contributed by atoms with Crippen molar-refractivity contribution in [2.24, 2.45) is 0 Å². The van der Waals surface area contributed by atoms with E-state index in [9.17, 15) is 9.59 Å². The van der Waals surface area contributed by atoms with Crippen LogP contribution in [0.2, 0.25) is 0 Å². The number of amides is 1. The molecule has 2 aliphatic rings. The van der Waals surface area contributed by atoms with E-state index in [2.05, 4.69) is 10.1 Å². The first-order chi connectivity index (χ1) is 12.7. The Kier molecular flexibility index (Phi) is 5.81. The summed E-state index contributed by atoms with van der Waals surface area (Å²) < 4.78 is 15.8. The van der Waals surface area contributed by atoms with Gasteiger partial charge in [0.2, 0.25) is 5.91 Å². The molecule has 140 valence electrons. The summed E-state index contributed by atoms with van der Waals surface area (Å²) in [6.45, 7) is 1.57. The van der Waals surface area contributed by atoms with E-state index >= 15 is 0 Å². The summed E-state index contributed by atoms with van der Waals surface area (Å²) in [5.41, 5.74) is 0.476. The lowest BCUT2D eigenvalue weighted by molar-refractivity contribution is -0.134. The fourth-order valence-corrected chi connectivity index (χ4v) is 3.65. The van der Waals surface area contributed by atoms with Crippen LogP contribution >= 0.6 is 0 Å². The van der Waals surface area contributed by atoms with E-state index in [4.69, 9.17) is 9.47 Å². The minimum Gasteiger partial charge on any atom is -0.486 e. The van der Waals surface area contributed by atoms with Crippen LogP contribution in [0.1, 0.15) is 37.7 Å². The van der Waals surface area contributed by atoms with Gasteiger partial charge in [-0.25, -0.2) is 4.79 Å². The molecule has 6 heteroatoms. The molecule has 1 amide bonds. The third-order valence-corrected chi connectivity index (χ3v) is 5.04. The molecule has 3 rings (SSSR count). The van der Waals surface area contributed by atoms with E-state index in [0.717, 1.165) is 37.0 Å². The van der Waals surface area contributed by atoms with Crippen LogP contribution in [0.25, 0.3) is 0 Å². The monoisotopic (exact) mass is 359 g/mol. The SMILES string of the molecule is COC(=O)/C=C/CCNC(=O)C1(c2ccc3c(c2)OCCO3)CCCC1. The van der Waals surface area contributed by atoms with Crippen molar-refractivity contribution < 1.29 is 23.8 Å². The molecular weight excluding hydrogens is 334 g/mol. The standard InChI is InChI=1S/C20H25NO5/c1-24-18(22)6-2-5-11-21-19(23)20(9-3-4-10-20)15-7-8-16-17(14-15)26-13-12-25-16/h2,6-8,14H,3-5,9-13H2,1H3,(H,21,23)/b6-2+. The van der Waals surface area contributed by atoms with Gasteiger partial charge in [0.15, 0.2) is 11.5 Å². The van der Waals surface area contributed by atoms with Crippen molar-refractivity contribution in [3.63, 3.8) is 0 Å². The molecule has 0 bridgehead atoms. The summed E-state index contributed by atoms with van der Waals surface area (Å²) in [6, 6.07) is 5.84. The highest BCUT2D eigenvalue weighted by atomic mass is 16.6. The second-order valence-electron chi connectivity index (χ2n) is 6.62. The van der Waals surface area contributed by atoms with Gasteiger partial charge >= 0.3 is 5.97 Å². The summed E-state index contributed by atoms with van der Waals surface area (Å²) in [6.07, 6.45) is 7.38. The number of methoxy groups -OCH3 is 1. The zero-order valence-electron chi connectivity index (χ0n) is 15.1. The minimum atomic E-state index is -0.512. The largest absolute Gasteiger partial charge is 0.486 e. The number of esters is 1. The highest BCUT2D eigenvalue weighted by molar-refractivity contribution is 5.89. The van der Waals surface area contributed by atoms with E-state index in [1.807, 2.05) is 18.2 Å². The Morgan fingerprint density at radius 2 is 1.92 bits per heavy atom. The van der Waals surface area contributed by atoms with Gasteiger partial charge in [0.25, 0.3) is 0 Å². The lowest BCUT2D eigenvalue weighted by Crippen LogP contribution is -2.43. The van der Waals surface area contributed by atoms with Gasteiger partial charge in [-0.05, 0) is 37.0 Å². The quantitative estimate of drug-likeness (QED) is 0.480. The predicted octanol–water partition coefficient (Wildman–Crippen LogP) is 2.51. The lowest BCUT2D eigenvalue weighted by atomic mass is 9.77. The number of nitrogens with one attached hydrogen (secondary N) is 1. The normalized spacial score (nSPS) is 17.9. The van der Waals surface area contributed by atoms with E-state index in [-0.39, 0.29) is 11.9 Å². The first-order valence-electron chi connectivity index (χ1n) is 9.09. The zero-order chi connectivity index (χ0) is 18.4. The molecular formula is C20H25NO5. The third-order valence-electron chi connectivity index (χ3n) is 5.04. The van der Waals surface area contributed by atoms with Crippen molar-refractivity contribution in [3.8, 4) is 11.5 Å².